The van der Waals surface area contributed by atoms with E-state index in [-0.39, 0.29) is 0 Å². The number of aromatic nitrogens is 2. The molecule has 0 aliphatic rings. The molecule has 0 amide bonds. The molecule has 0 radical (unpaired) electrons. The normalized spacial score (nSPS) is 10.6. The number of nitro groups is 1. The molecule has 1 aromatic carbocycles. The summed E-state index contributed by atoms with van der Waals surface area (Å²) in [6, 6.07) is 3.75. The van der Waals surface area contributed by atoms with Gasteiger partial charge in [-0.2, -0.15) is 9.49 Å². The number of nitrogens with one attached hydrogen (secondary N) is 1. The molecule has 0 aliphatic carbocycles. The Hall–Kier alpha value is -2.44. The first-order chi connectivity index (χ1) is 9.40. The lowest BCUT2D eigenvalue weighted by Gasteiger charge is -2.07. The minimum Gasteiger partial charge on any atom is -0.381 e. The molecule has 0 fully saturated rings. The molecule has 0 saturated heterocycles. The number of hydrogen-bond acceptors (Lipinski definition) is 4. The molecule has 0 saturated carbocycles. The van der Waals surface area contributed by atoms with Crippen molar-refractivity contribution in [1.82, 2.24) is 9.78 Å². The second-order valence-corrected chi connectivity index (χ2v) is 4.55. The summed E-state index contributed by atoms with van der Waals surface area (Å²) in [5.41, 5.74) is 2.91. The lowest BCUT2D eigenvalue weighted by atomic mass is 10.2. The van der Waals surface area contributed by atoms with Gasteiger partial charge in [-0.1, -0.05) is 0 Å². The van der Waals surface area contributed by atoms with Gasteiger partial charge in [0.2, 0.25) is 5.82 Å². The van der Waals surface area contributed by atoms with E-state index in [4.69, 9.17) is 0 Å². The van der Waals surface area contributed by atoms with Crippen LogP contribution in [0.4, 0.5) is 15.8 Å². The second-order valence-electron chi connectivity index (χ2n) is 4.55. The SMILES string of the molecule is Cc1nn(C)c(C)c1CNc1ccc(F)c([N+](=O)[O-])c1. The van der Waals surface area contributed by atoms with E-state index in [0.29, 0.717) is 12.2 Å². The summed E-state index contributed by atoms with van der Waals surface area (Å²) >= 11 is 0. The first-order valence-electron chi connectivity index (χ1n) is 6.07. The number of nitro benzene ring substituents is 1. The molecule has 0 atom stereocenters. The Morgan fingerprint density at radius 1 is 1.45 bits per heavy atom. The van der Waals surface area contributed by atoms with E-state index in [2.05, 4.69) is 10.4 Å². The number of halogens is 1. The predicted octanol–water partition coefficient (Wildman–Crippen LogP) is 2.70. The molecular weight excluding hydrogens is 263 g/mol. The van der Waals surface area contributed by atoms with Crippen molar-refractivity contribution in [2.75, 3.05) is 5.32 Å². The smallest absolute Gasteiger partial charge is 0.306 e. The molecule has 0 bridgehead atoms. The molecule has 0 spiro atoms. The minimum absolute atomic E-state index is 0.480. The van der Waals surface area contributed by atoms with E-state index in [9.17, 15) is 14.5 Å². The van der Waals surface area contributed by atoms with Crippen LogP contribution in [-0.4, -0.2) is 14.7 Å². The van der Waals surface area contributed by atoms with Crippen molar-refractivity contribution >= 4 is 11.4 Å². The number of hydrogen-bond donors (Lipinski definition) is 1. The van der Waals surface area contributed by atoms with Gasteiger partial charge < -0.3 is 5.32 Å². The fourth-order valence-corrected chi connectivity index (χ4v) is 2.03. The van der Waals surface area contributed by atoms with Gasteiger partial charge in [0.05, 0.1) is 10.6 Å². The van der Waals surface area contributed by atoms with E-state index in [1.807, 2.05) is 20.9 Å². The Labute approximate surface area is 115 Å². The molecule has 2 aromatic rings. The molecule has 7 heteroatoms. The van der Waals surface area contributed by atoms with Crippen LogP contribution in [0.25, 0.3) is 0 Å². The van der Waals surface area contributed by atoms with Crippen LogP contribution in [0.15, 0.2) is 18.2 Å². The Morgan fingerprint density at radius 3 is 2.70 bits per heavy atom. The van der Waals surface area contributed by atoms with Gasteiger partial charge in [0.15, 0.2) is 0 Å². The predicted molar refractivity (Wildman–Crippen MR) is 73.1 cm³/mol. The molecule has 0 aliphatic heterocycles. The molecule has 1 heterocycles. The summed E-state index contributed by atoms with van der Waals surface area (Å²) < 4.78 is 15.0. The third-order valence-corrected chi connectivity index (χ3v) is 3.27. The fourth-order valence-electron chi connectivity index (χ4n) is 2.03. The summed E-state index contributed by atoms with van der Waals surface area (Å²) in [6.45, 7) is 4.33. The van der Waals surface area contributed by atoms with Gasteiger partial charge in [0.1, 0.15) is 0 Å². The Balaban J connectivity index is 2.19. The third kappa shape index (κ3) is 2.61. The highest BCUT2D eigenvalue weighted by Gasteiger charge is 2.15. The van der Waals surface area contributed by atoms with Crippen molar-refractivity contribution in [2.45, 2.75) is 20.4 Å². The lowest BCUT2D eigenvalue weighted by Crippen LogP contribution is -2.03. The van der Waals surface area contributed by atoms with E-state index >= 15 is 0 Å². The number of anilines is 1. The zero-order valence-corrected chi connectivity index (χ0v) is 11.5. The van der Waals surface area contributed by atoms with E-state index in [1.165, 1.54) is 12.1 Å². The van der Waals surface area contributed by atoms with Gasteiger partial charge in [-0.15, -0.1) is 0 Å². The molecule has 6 nitrogen and oxygen atoms in total. The van der Waals surface area contributed by atoms with E-state index in [1.54, 1.807) is 4.68 Å². The maximum atomic E-state index is 13.2. The topological polar surface area (TPSA) is 73.0 Å². The number of nitrogens with zero attached hydrogens (tertiary/aromatic N) is 3. The van der Waals surface area contributed by atoms with Crippen molar-refractivity contribution in [1.29, 1.82) is 0 Å². The van der Waals surface area contributed by atoms with Crippen molar-refractivity contribution in [2.24, 2.45) is 7.05 Å². The van der Waals surface area contributed by atoms with E-state index in [0.717, 1.165) is 23.0 Å². The minimum atomic E-state index is -0.839. The standard InChI is InChI=1S/C13H15FN4O2/c1-8-11(9(2)17(3)16-8)7-15-10-4-5-12(14)13(6-10)18(19)20/h4-6,15H,7H2,1-3H3. The average Bonchev–Trinajstić information content (AvgIpc) is 2.62. The largest absolute Gasteiger partial charge is 0.381 e. The van der Waals surface area contributed by atoms with Crippen LogP contribution in [0.3, 0.4) is 0 Å². The first-order valence-corrected chi connectivity index (χ1v) is 6.07. The zero-order valence-electron chi connectivity index (χ0n) is 11.5. The summed E-state index contributed by atoms with van der Waals surface area (Å²) in [4.78, 5) is 9.95. The highest BCUT2D eigenvalue weighted by Crippen LogP contribution is 2.22. The summed E-state index contributed by atoms with van der Waals surface area (Å²) in [7, 11) is 1.86. The van der Waals surface area contributed by atoms with Gasteiger partial charge in [0, 0.05) is 36.6 Å². The summed E-state index contributed by atoms with van der Waals surface area (Å²) in [6.07, 6.45) is 0. The fraction of sp³-hybridized carbons (Fsp3) is 0.308. The number of rotatable bonds is 4. The molecule has 20 heavy (non-hydrogen) atoms. The quantitative estimate of drug-likeness (QED) is 0.689. The Kier molecular flexibility index (Phi) is 3.69. The van der Waals surface area contributed by atoms with Crippen LogP contribution in [0.5, 0.6) is 0 Å². The molecule has 0 unspecified atom stereocenters. The Bertz CT molecular complexity index is 667. The molecular formula is C13H15FN4O2. The second kappa shape index (κ2) is 5.28. The van der Waals surface area contributed by atoms with Crippen molar-refractivity contribution in [3.63, 3.8) is 0 Å². The first kappa shape index (κ1) is 14.0. The Morgan fingerprint density at radius 2 is 2.15 bits per heavy atom. The maximum Gasteiger partial charge on any atom is 0.306 e. The lowest BCUT2D eigenvalue weighted by molar-refractivity contribution is -0.387. The van der Waals surface area contributed by atoms with Crippen LogP contribution in [-0.2, 0) is 13.6 Å². The van der Waals surface area contributed by atoms with Crippen LogP contribution in [0.1, 0.15) is 17.0 Å². The van der Waals surface area contributed by atoms with Crippen molar-refractivity contribution in [3.05, 3.63) is 51.1 Å². The van der Waals surface area contributed by atoms with Crippen LogP contribution in [0, 0.1) is 29.8 Å². The van der Waals surface area contributed by atoms with Crippen LogP contribution in [0.2, 0.25) is 0 Å². The molecule has 106 valence electrons. The van der Waals surface area contributed by atoms with Crippen LogP contribution >= 0.6 is 0 Å². The van der Waals surface area contributed by atoms with Crippen molar-refractivity contribution < 1.29 is 9.31 Å². The molecule has 2 rings (SSSR count). The zero-order chi connectivity index (χ0) is 14.9. The van der Waals surface area contributed by atoms with E-state index < -0.39 is 16.4 Å². The highest BCUT2D eigenvalue weighted by molar-refractivity contribution is 5.52. The van der Waals surface area contributed by atoms with Gasteiger partial charge in [-0.3, -0.25) is 14.8 Å². The van der Waals surface area contributed by atoms with Gasteiger partial charge in [0.25, 0.3) is 0 Å². The average molecular weight is 278 g/mol. The van der Waals surface area contributed by atoms with Crippen LogP contribution < -0.4 is 5.32 Å². The number of benzene rings is 1. The maximum absolute atomic E-state index is 13.2. The van der Waals surface area contributed by atoms with Crippen molar-refractivity contribution in [3.8, 4) is 0 Å². The number of aryl methyl sites for hydroxylation is 2. The molecule has 1 aromatic heterocycles. The van der Waals surface area contributed by atoms with Gasteiger partial charge >= 0.3 is 5.69 Å². The monoisotopic (exact) mass is 278 g/mol. The van der Waals surface area contributed by atoms with Gasteiger partial charge in [-0.05, 0) is 26.0 Å². The van der Waals surface area contributed by atoms with Gasteiger partial charge in [-0.25, -0.2) is 0 Å². The molecule has 1 N–H and O–H groups in total. The summed E-state index contributed by atoms with van der Waals surface area (Å²) in [5, 5.41) is 18.0. The third-order valence-electron chi connectivity index (χ3n) is 3.27. The highest BCUT2D eigenvalue weighted by atomic mass is 19.1. The summed E-state index contributed by atoms with van der Waals surface area (Å²) in [5.74, 6) is -0.839.